The summed E-state index contributed by atoms with van der Waals surface area (Å²) < 4.78 is 105. The van der Waals surface area contributed by atoms with Crippen LogP contribution in [0.2, 0.25) is 0 Å². The molecule has 4 aromatic rings. The van der Waals surface area contributed by atoms with E-state index < -0.39 is 38.5 Å². The molecule has 4 rings (SSSR count). The summed E-state index contributed by atoms with van der Waals surface area (Å²) in [5.41, 5.74) is -4.27. The molecule has 4 aromatic carbocycles. The number of hydrogen-bond donors (Lipinski definition) is 0. The fraction of sp³-hybridized carbons (Fsp3) is 0.0769. The molecule has 37 heavy (non-hydrogen) atoms. The highest BCUT2D eigenvalue weighted by Gasteiger charge is 2.43. The van der Waals surface area contributed by atoms with Crippen LogP contribution in [0.1, 0.15) is 11.1 Å². The molecule has 3 nitrogen and oxygen atoms in total. The van der Waals surface area contributed by atoms with E-state index in [0.717, 1.165) is 0 Å². The monoisotopic (exact) mass is 556 g/mol. The SMILES string of the molecule is O=S(=O)([O-])c1ccc(C(F)(F)F)c(C(F)(F)F)c1.c1ccc([S+](c2ccccc2)c2ccccc2)cc1. The standard InChI is InChI=1S/C18H15S.C8H4F6O3S/c1-4-10-16(11-5-1)19(17-12-6-2-7-13-17)18-14-8-3-9-15-18;9-7(10,11)5-2-1-4(18(15,16)17)3-6(5)8(12,13)14/h1-15H;1-3H,(H,15,16,17)/q+1;/p-1. The van der Waals surface area contributed by atoms with Crippen molar-refractivity contribution >= 4 is 21.0 Å². The van der Waals surface area contributed by atoms with Crippen LogP contribution in [0.25, 0.3) is 0 Å². The topological polar surface area (TPSA) is 57.2 Å². The maximum absolute atomic E-state index is 12.4. The fourth-order valence-corrected chi connectivity index (χ4v) is 5.84. The van der Waals surface area contributed by atoms with Crippen molar-refractivity contribution in [3.63, 3.8) is 0 Å². The second kappa shape index (κ2) is 11.4. The molecule has 0 spiro atoms. The third kappa shape index (κ3) is 7.61. The zero-order valence-corrected chi connectivity index (χ0v) is 20.3. The molecule has 0 aliphatic carbocycles. The van der Waals surface area contributed by atoms with Crippen molar-refractivity contribution in [2.45, 2.75) is 31.9 Å². The smallest absolute Gasteiger partial charge is 0.417 e. The molecule has 0 bridgehead atoms. The first-order valence-electron chi connectivity index (χ1n) is 10.4. The van der Waals surface area contributed by atoms with Crippen LogP contribution in [0.4, 0.5) is 26.3 Å². The van der Waals surface area contributed by atoms with E-state index in [-0.39, 0.29) is 29.1 Å². The average molecular weight is 557 g/mol. The molecule has 0 saturated heterocycles. The molecule has 0 unspecified atom stereocenters. The molecule has 0 aliphatic rings. The van der Waals surface area contributed by atoms with Gasteiger partial charge in [-0.25, -0.2) is 8.42 Å². The third-order valence-electron chi connectivity index (χ3n) is 4.83. The second-order valence-electron chi connectivity index (χ2n) is 7.40. The van der Waals surface area contributed by atoms with Crippen LogP contribution in [-0.4, -0.2) is 13.0 Å². The van der Waals surface area contributed by atoms with Gasteiger partial charge in [-0.15, -0.1) is 0 Å². The Morgan fingerprint density at radius 1 is 0.541 bits per heavy atom. The lowest BCUT2D eigenvalue weighted by atomic mass is 10.1. The van der Waals surface area contributed by atoms with Crippen molar-refractivity contribution in [1.82, 2.24) is 0 Å². The Morgan fingerprint density at radius 3 is 1.19 bits per heavy atom. The quantitative estimate of drug-likeness (QED) is 0.149. The molecule has 0 heterocycles. The third-order valence-corrected chi connectivity index (χ3v) is 7.89. The van der Waals surface area contributed by atoms with E-state index >= 15 is 0 Å². The number of alkyl halides is 6. The van der Waals surface area contributed by atoms with Gasteiger partial charge in [0.2, 0.25) is 0 Å². The van der Waals surface area contributed by atoms with E-state index in [1.165, 1.54) is 14.7 Å². The lowest BCUT2D eigenvalue weighted by Crippen LogP contribution is -2.17. The first-order chi connectivity index (χ1) is 17.3. The summed E-state index contributed by atoms with van der Waals surface area (Å²) in [5, 5.41) is 0. The van der Waals surface area contributed by atoms with Gasteiger partial charge in [0.05, 0.1) is 26.9 Å². The van der Waals surface area contributed by atoms with Crippen LogP contribution < -0.4 is 0 Å². The van der Waals surface area contributed by atoms with Crippen LogP contribution in [0.3, 0.4) is 0 Å². The molecular weight excluding hydrogens is 538 g/mol. The van der Waals surface area contributed by atoms with Crippen molar-refractivity contribution in [1.29, 1.82) is 0 Å². The van der Waals surface area contributed by atoms with Gasteiger partial charge in [0.1, 0.15) is 10.1 Å². The van der Waals surface area contributed by atoms with Gasteiger partial charge in [0.25, 0.3) is 0 Å². The van der Waals surface area contributed by atoms with Crippen LogP contribution in [0, 0.1) is 0 Å². The van der Waals surface area contributed by atoms with Gasteiger partial charge in [-0.05, 0) is 54.6 Å². The highest BCUT2D eigenvalue weighted by Crippen LogP contribution is 2.41. The van der Waals surface area contributed by atoms with E-state index in [1.54, 1.807) is 0 Å². The summed E-state index contributed by atoms with van der Waals surface area (Å²) >= 11 is 0. The lowest BCUT2D eigenvalue weighted by Gasteiger charge is -2.17. The summed E-state index contributed by atoms with van der Waals surface area (Å²) in [5.74, 6) is 0. The summed E-state index contributed by atoms with van der Waals surface area (Å²) in [6, 6.07) is 31.9. The van der Waals surface area contributed by atoms with Gasteiger partial charge in [-0.1, -0.05) is 54.6 Å². The fourth-order valence-electron chi connectivity index (χ4n) is 3.24. The van der Waals surface area contributed by atoms with Gasteiger partial charge < -0.3 is 4.55 Å². The second-order valence-corrected chi connectivity index (χ2v) is 10.8. The zero-order chi connectivity index (χ0) is 27.3. The van der Waals surface area contributed by atoms with E-state index in [1.807, 2.05) is 0 Å². The molecule has 0 aromatic heterocycles. The molecule has 0 saturated carbocycles. The molecule has 11 heteroatoms. The molecule has 0 amide bonds. The number of halogens is 6. The van der Waals surface area contributed by atoms with Crippen molar-refractivity contribution in [2.75, 3.05) is 0 Å². The summed E-state index contributed by atoms with van der Waals surface area (Å²) in [7, 11) is -5.28. The normalized spacial score (nSPS) is 12.1. The molecule has 0 N–H and O–H groups in total. The minimum Gasteiger partial charge on any atom is -0.744 e. The number of benzene rings is 4. The van der Waals surface area contributed by atoms with Crippen molar-refractivity contribution in [3.05, 3.63) is 120 Å². The van der Waals surface area contributed by atoms with Gasteiger partial charge in [0.15, 0.2) is 14.7 Å². The molecule has 0 fully saturated rings. The van der Waals surface area contributed by atoms with Gasteiger partial charge in [-0.2, -0.15) is 26.3 Å². The minimum absolute atomic E-state index is 0.0146. The van der Waals surface area contributed by atoms with Crippen molar-refractivity contribution in [3.8, 4) is 0 Å². The first-order valence-corrected chi connectivity index (χ1v) is 13.1. The predicted octanol–water partition coefficient (Wildman–Crippen LogP) is 7.41. The van der Waals surface area contributed by atoms with E-state index in [0.29, 0.717) is 0 Å². The van der Waals surface area contributed by atoms with E-state index in [4.69, 9.17) is 0 Å². The molecule has 0 radical (unpaired) electrons. The van der Waals surface area contributed by atoms with Gasteiger partial charge >= 0.3 is 12.4 Å². The molecule has 194 valence electrons. The van der Waals surface area contributed by atoms with E-state index in [9.17, 15) is 39.3 Å². The Bertz CT molecular complexity index is 1310. The summed E-state index contributed by atoms with van der Waals surface area (Å²) in [6.07, 6.45) is -10.7. The minimum atomic E-state index is -5.43. The van der Waals surface area contributed by atoms with Gasteiger partial charge in [0, 0.05) is 0 Å². The summed E-state index contributed by atoms with van der Waals surface area (Å²) in [4.78, 5) is 2.71. The van der Waals surface area contributed by atoms with Crippen molar-refractivity contribution < 1.29 is 39.3 Å². The molecule has 0 aliphatic heterocycles. The first kappa shape index (κ1) is 28.3. The maximum Gasteiger partial charge on any atom is 0.417 e. The van der Waals surface area contributed by atoms with Crippen LogP contribution in [0.15, 0.2) is 129 Å². The Balaban J connectivity index is 0.000000206. The Hall–Kier alpha value is -3.28. The Labute approximate surface area is 212 Å². The average Bonchev–Trinajstić information content (AvgIpc) is 2.85. The van der Waals surface area contributed by atoms with Crippen molar-refractivity contribution in [2.24, 2.45) is 0 Å². The largest absolute Gasteiger partial charge is 0.744 e. The highest BCUT2D eigenvalue weighted by molar-refractivity contribution is 7.97. The van der Waals surface area contributed by atoms with E-state index in [2.05, 4.69) is 91.0 Å². The Kier molecular flexibility index (Phi) is 8.72. The van der Waals surface area contributed by atoms with Crippen LogP contribution in [0.5, 0.6) is 0 Å². The number of rotatable bonds is 4. The van der Waals surface area contributed by atoms with Gasteiger partial charge in [-0.3, -0.25) is 0 Å². The maximum atomic E-state index is 12.4. The summed E-state index contributed by atoms with van der Waals surface area (Å²) in [6.45, 7) is 0. The van der Waals surface area contributed by atoms with Crippen LogP contribution in [-0.2, 0) is 33.4 Å². The lowest BCUT2D eigenvalue weighted by molar-refractivity contribution is -0.162. The highest BCUT2D eigenvalue weighted by atomic mass is 32.2. The predicted molar refractivity (Wildman–Crippen MR) is 126 cm³/mol. The number of hydrogen-bond acceptors (Lipinski definition) is 3. The zero-order valence-electron chi connectivity index (χ0n) is 18.7. The van der Waals surface area contributed by atoms with Crippen LogP contribution >= 0.6 is 0 Å². The Morgan fingerprint density at radius 2 is 0.892 bits per heavy atom. The molecule has 0 atom stereocenters. The molecular formula is C26H18F6O3S2.